The van der Waals surface area contributed by atoms with Crippen LogP contribution in [0.4, 0.5) is 4.39 Å². The highest BCUT2D eigenvalue weighted by Gasteiger charge is 2.24. The smallest absolute Gasteiger partial charge is 0.303 e. The Labute approximate surface area is 138 Å². The average Bonchev–Trinajstić information content (AvgIpc) is 2.47. The highest BCUT2D eigenvalue weighted by Crippen LogP contribution is 2.32. The monoisotopic (exact) mass is 349 g/mol. The van der Waals surface area contributed by atoms with E-state index < -0.39 is 11.8 Å². The van der Waals surface area contributed by atoms with Crippen molar-refractivity contribution < 1.29 is 19.0 Å². The van der Waals surface area contributed by atoms with E-state index in [4.69, 9.17) is 33.0 Å². The lowest BCUT2D eigenvalue weighted by molar-refractivity contribution is -0.137. The maximum atomic E-state index is 13.6. The zero-order chi connectivity index (χ0) is 16.1. The molecule has 1 unspecified atom stereocenters. The second-order valence-corrected chi connectivity index (χ2v) is 6.11. The van der Waals surface area contributed by atoms with Crippen LogP contribution in [0.2, 0.25) is 10.0 Å². The van der Waals surface area contributed by atoms with Crippen LogP contribution < -0.4 is 0 Å². The van der Waals surface area contributed by atoms with E-state index in [1.165, 1.54) is 12.1 Å². The molecule has 1 N–H and O–H groups in total. The van der Waals surface area contributed by atoms with Gasteiger partial charge in [-0.1, -0.05) is 23.2 Å². The van der Waals surface area contributed by atoms with E-state index in [2.05, 4.69) is 4.90 Å². The second kappa shape index (κ2) is 8.11. The predicted molar refractivity (Wildman–Crippen MR) is 83.0 cm³/mol. The number of carboxylic acid groups (broad SMARTS) is 1. The van der Waals surface area contributed by atoms with Gasteiger partial charge in [0.1, 0.15) is 5.82 Å². The van der Waals surface area contributed by atoms with Crippen molar-refractivity contribution >= 4 is 29.2 Å². The predicted octanol–water partition coefficient (Wildman–Crippen LogP) is 3.76. The number of halogens is 3. The Balaban J connectivity index is 1.93. The first-order chi connectivity index (χ1) is 10.5. The van der Waals surface area contributed by atoms with Gasteiger partial charge in [-0.25, -0.2) is 4.39 Å². The van der Waals surface area contributed by atoms with Crippen molar-refractivity contribution in [2.75, 3.05) is 26.2 Å². The Kier molecular flexibility index (Phi) is 6.44. The van der Waals surface area contributed by atoms with E-state index in [-0.39, 0.29) is 17.5 Å². The topological polar surface area (TPSA) is 49.8 Å². The van der Waals surface area contributed by atoms with Gasteiger partial charge in [-0.05, 0) is 31.5 Å². The molecule has 0 spiro atoms. The molecule has 2 rings (SSSR count). The summed E-state index contributed by atoms with van der Waals surface area (Å²) in [5, 5.41) is 9.01. The molecule has 1 saturated heterocycles. The van der Waals surface area contributed by atoms with Crippen LogP contribution in [-0.4, -0.2) is 42.2 Å². The minimum Gasteiger partial charge on any atom is -0.481 e. The van der Waals surface area contributed by atoms with Crippen molar-refractivity contribution in [1.82, 2.24) is 4.90 Å². The lowest BCUT2D eigenvalue weighted by Crippen LogP contribution is -2.39. The third-order valence-electron chi connectivity index (χ3n) is 3.65. The first-order valence-electron chi connectivity index (χ1n) is 7.17. The maximum Gasteiger partial charge on any atom is 0.303 e. The minimum absolute atomic E-state index is 0.00455. The van der Waals surface area contributed by atoms with Gasteiger partial charge in [0.2, 0.25) is 0 Å². The Morgan fingerprint density at radius 3 is 2.86 bits per heavy atom. The van der Waals surface area contributed by atoms with Gasteiger partial charge in [-0.15, -0.1) is 0 Å². The largest absolute Gasteiger partial charge is 0.481 e. The third kappa shape index (κ3) is 4.81. The van der Waals surface area contributed by atoms with Crippen LogP contribution in [0.15, 0.2) is 12.1 Å². The summed E-state index contributed by atoms with van der Waals surface area (Å²) in [6.45, 7) is 2.70. The Morgan fingerprint density at radius 2 is 2.14 bits per heavy atom. The Morgan fingerprint density at radius 1 is 1.36 bits per heavy atom. The molecule has 0 aromatic heterocycles. The number of rotatable bonds is 6. The molecule has 1 fully saturated rings. The number of ether oxygens (including phenoxy) is 1. The lowest BCUT2D eigenvalue weighted by atomic mass is 10.1. The number of hydrogen-bond acceptors (Lipinski definition) is 3. The molecule has 1 aliphatic rings. The van der Waals surface area contributed by atoms with Gasteiger partial charge < -0.3 is 9.84 Å². The first kappa shape index (κ1) is 17.5. The van der Waals surface area contributed by atoms with Gasteiger partial charge in [-0.2, -0.15) is 0 Å². The van der Waals surface area contributed by atoms with E-state index in [1.54, 1.807) is 0 Å². The summed E-state index contributed by atoms with van der Waals surface area (Å²) in [6, 6.07) is 2.71. The van der Waals surface area contributed by atoms with Gasteiger partial charge >= 0.3 is 5.97 Å². The number of aliphatic carboxylic acids is 1. The van der Waals surface area contributed by atoms with Gasteiger partial charge in [-0.3, -0.25) is 9.69 Å². The van der Waals surface area contributed by atoms with Crippen molar-refractivity contribution in [1.29, 1.82) is 0 Å². The fourth-order valence-corrected chi connectivity index (χ4v) is 2.99. The number of carbonyl (C=O) groups is 1. The van der Waals surface area contributed by atoms with Crippen LogP contribution >= 0.6 is 23.2 Å². The summed E-state index contributed by atoms with van der Waals surface area (Å²) in [7, 11) is 0. The molecule has 4 nitrogen and oxygen atoms in total. The summed E-state index contributed by atoms with van der Waals surface area (Å²) in [5.74, 6) is -1.29. The van der Waals surface area contributed by atoms with E-state index in [0.29, 0.717) is 30.2 Å². The van der Waals surface area contributed by atoms with Gasteiger partial charge in [0.15, 0.2) is 0 Å². The van der Waals surface area contributed by atoms with Crippen molar-refractivity contribution in [2.24, 2.45) is 0 Å². The lowest BCUT2D eigenvalue weighted by Gasteiger charge is -2.33. The van der Waals surface area contributed by atoms with Crippen molar-refractivity contribution in [2.45, 2.75) is 25.4 Å². The summed E-state index contributed by atoms with van der Waals surface area (Å²) >= 11 is 11.8. The maximum absolute atomic E-state index is 13.6. The van der Waals surface area contributed by atoms with Crippen LogP contribution in [0, 0.1) is 5.82 Å². The highest BCUT2D eigenvalue weighted by molar-refractivity contribution is 6.35. The van der Waals surface area contributed by atoms with Gasteiger partial charge in [0.05, 0.1) is 17.7 Å². The minimum atomic E-state index is -0.775. The van der Waals surface area contributed by atoms with Crippen molar-refractivity contribution in [3.8, 4) is 0 Å². The fraction of sp³-hybridized carbons (Fsp3) is 0.533. The molecular weight excluding hydrogens is 332 g/mol. The van der Waals surface area contributed by atoms with E-state index in [9.17, 15) is 9.18 Å². The van der Waals surface area contributed by atoms with Crippen molar-refractivity contribution in [3.05, 3.63) is 33.6 Å². The van der Waals surface area contributed by atoms with Crippen LogP contribution in [0.25, 0.3) is 0 Å². The molecule has 22 heavy (non-hydrogen) atoms. The molecule has 1 aromatic carbocycles. The van der Waals surface area contributed by atoms with E-state index in [1.807, 2.05) is 0 Å². The number of unbranched alkanes of at least 4 members (excludes halogenated alkanes) is 1. The van der Waals surface area contributed by atoms with E-state index >= 15 is 0 Å². The SMILES string of the molecule is O=C(O)CCCCN1CCOC(c2cc(F)c(Cl)cc2Cl)C1. The number of morpholine rings is 1. The van der Waals surface area contributed by atoms with Gasteiger partial charge in [0, 0.05) is 30.1 Å². The molecular formula is C15H18Cl2FNO3. The normalized spacial score (nSPS) is 19.3. The molecule has 0 saturated carbocycles. The molecule has 1 atom stereocenters. The summed E-state index contributed by atoms with van der Waals surface area (Å²) in [4.78, 5) is 12.7. The molecule has 122 valence electrons. The molecule has 0 radical (unpaired) electrons. The number of nitrogens with zero attached hydrogens (tertiary/aromatic N) is 1. The van der Waals surface area contributed by atoms with Crippen LogP contribution in [0.5, 0.6) is 0 Å². The van der Waals surface area contributed by atoms with Crippen LogP contribution in [0.1, 0.15) is 30.9 Å². The Hall–Kier alpha value is -0.880. The second-order valence-electron chi connectivity index (χ2n) is 5.30. The molecule has 0 bridgehead atoms. The van der Waals surface area contributed by atoms with E-state index in [0.717, 1.165) is 19.5 Å². The molecule has 1 aliphatic heterocycles. The summed E-state index contributed by atoms with van der Waals surface area (Å²) < 4.78 is 19.3. The molecule has 0 amide bonds. The standard InChI is InChI=1S/C15H18Cl2FNO3/c16-11-8-12(17)13(18)7-10(11)14-9-19(5-6-22-14)4-2-1-3-15(20)21/h7-8,14H,1-6,9H2,(H,20,21). The molecule has 7 heteroatoms. The summed E-state index contributed by atoms with van der Waals surface area (Å²) in [6.07, 6.45) is 1.34. The zero-order valence-electron chi connectivity index (χ0n) is 12.0. The quantitative estimate of drug-likeness (QED) is 0.627. The summed E-state index contributed by atoms with van der Waals surface area (Å²) in [5.41, 5.74) is 0.596. The van der Waals surface area contributed by atoms with Crippen LogP contribution in [0.3, 0.4) is 0 Å². The molecule has 1 heterocycles. The third-order valence-corrected chi connectivity index (χ3v) is 4.27. The van der Waals surface area contributed by atoms with Gasteiger partial charge in [0.25, 0.3) is 0 Å². The molecule has 0 aliphatic carbocycles. The Bertz CT molecular complexity index is 542. The van der Waals surface area contributed by atoms with Crippen molar-refractivity contribution in [3.63, 3.8) is 0 Å². The van der Waals surface area contributed by atoms with Crippen LogP contribution in [-0.2, 0) is 9.53 Å². The molecule has 1 aromatic rings. The average molecular weight is 350 g/mol. The fourth-order valence-electron chi connectivity index (χ4n) is 2.49. The first-order valence-corrected chi connectivity index (χ1v) is 7.93. The number of carboxylic acids is 1. The highest BCUT2D eigenvalue weighted by atomic mass is 35.5. The number of benzene rings is 1. The number of hydrogen-bond donors (Lipinski definition) is 1. The zero-order valence-corrected chi connectivity index (χ0v) is 13.5.